The minimum Gasteiger partial charge on any atom is -0.478 e. The Balaban J connectivity index is 1.87. The van der Waals surface area contributed by atoms with Gasteiger partial charge in [0.15, 0.2) is 0 Å². The number of aromatic carboxylic acids is 1. The number of benzene rings is 2. The van der Waals surface area contributed by atoms with Crippen molar-refractivity contribution in [3.05, 3.63) is 72.6 Å². The summed E-state index contributed by atoms with van der Waals surface area (Å²) >= 11 is 0. The third-order valence-electron chi connectivity index (χ3n) is 3.12. The monoisotopic (exact) mass is 291 g/mol. The highest BCUT2D eigenvalue weighted by Crippen LogP contribution is 2.21. The second-order valence-electron chi connectivity index (χ2n) is 4.67. The molecule has 0 fully saturated rings. The quantitative estimate of drug-likeness (QED) is 0.768. The smallest absolute Gasteiger partial charge is 0.335 e. The predicted octanol–water partition coefficient (Wildman–Crippen LogP) is 3.59. The van der Waals surface area contributed by atoms with Crippen LogP contribution in [0.2, 0.25) is 0 Å². The van der Waals surface area contributed by atoms with E-state index in [0.29, 0.717) is 11.5 Å². The highest BCUT2D eigenvalue weighted by molar-refractivity contribution is 5.89. The van der Waals surface area contributed by atoms with E-state index in [1.54, 1.807) is 24.3 Å². The molecule has 0 aliphatic rings. The van der Waals surface area contributed by atoms with Gasteiger partial charge in [-0.15, -0.1) is 0 Å². The van der Waals surface area contributed by atoms with Crippen LogP contribution in [0.25, 0.3) is 11.3 Å². The van der Waals surface area contributed by atoms with Crippen LogP contribution in [-0.2, 0) is 0 Å². The maximum atomic E-state index is 11.0. The zero-order valence-corrected chi connectivity index (χ0v) is 11.6. The van der Waals surface area contributed by atoms with Crippen molar-refractivity contribution in [3.8, 4) is 11.3 Å². The Hall–Kier alpha value is -3.21. The van der Waals surface area contributed by atoms with Crippen LogP contribution in [-0.4, -0.2) is 21.0 Å². The summed E-state index contributed by atoms with van der Waals surface area (Å²) in [6, 6.07) is 18.2. The molecule has 22 heavy (non-hydrogen) atoms. The summed E-state index contributed by atoms with van der Waals surface area (Å²) in [5.41, 5.74) is 2.68. The van der Waals surface area contributed by atoms with Crippen molar-refractivity contribution in [2.45, 2.75) is 0 Å². The zero-order chi connectivity index (χ0) is 15.4. The topological polar surface area (TPSA) is 75.1 Å². The number of aromatic nitrogens is 2. The molecule has 0 saturated heterocycles. The number of hydrogen-bond acceptors (Lipinski definition) is 4. The summed E-state index contributed by atoms with van der Waals surface area (Å²) in [5.74, 6) is -0.354. The lowest BCUT2D eigenvalue weighted by Crippen LogP contribution is -1.99. The molecule has 0 aliphatic carbocycles. The first kappa shape index (κ1) is 13.8. The van der Waals surface area contributed by atoms with E-state index < -0.39 is 5.97 Å². The average Bonchev–Trinajstić information content (AvgIpc) is 2.56. The average molecular weight is 291 g/mol. The molecule has 0 amide bonds. The van der Waals surface area contributed by atoms with Crippen LogP contribution in [0.3, 0.4) is 0 Å². The van der Waals surface area contributed by atoms with E-state index in [2.05, 4.69) is 15.3 Å². The number of carboxylic acid groups (broad SMARTS) is 1. The molecule has 3 aromatic rings. The van der Waals surface area contributed by atoms with E-state index in [9.17, 15) is 4.79 Å². The van der Waals surface area contributed by atoms with Crippen LogP contribution in [0, 0.1) is 0 Å². The Kier molecular flexibility index (Phi) is 3.78. The lowest BCUT2D eigenvalue weighted by molar-refractivity contribution is 0.0697. The summed E-state index contributed by atoms with van der Waals surface area (Å²) in [6.45, 7) is 0. The Morgan fingerprint density at radius 1 is 0.955 bits per heavy atom. The van der Waals surface area contributed by atoms with Crippen LogP contribution < -0.4 is 5.32 Å². The summed E-state index contributed by atoms with van der Waals surface area (Å²) in [7, 11) is 0. The van der Waals surface area contributed by atoms with Gasteiger partial charge in [0.05, 0.1) is 11.3 Å². The fourth-order valence-electron chi connectivity index (χ4n) is 2.07. The SMILES string of the molecule is O=C(O)c1cccc(Nc2cc(-c3ccccc3)ncn2)c1. The first-order chi connectivity index (χ1) is 10.7. The van der Waals surface area contributed by atoms with Crippen LogP contribution >= 0.6 is 0 Å². The van der Waals surface area contributed by atoms with Gasteiger partial charge in [-0.1, -0.05) is 36.4 Å². The molecule has 0 atom stereocenters. The van der Waals surface area contributed by atoms with Gasteiger partial charge in [-0.05, 0) is 18.2 Å². The van der Waals surface area contributed by atoms with Gasteiger partial charge in [0.1, 0.15) is 12.1 Å². The molecular formula is C17H13N3O2. The highest BCUT2D eigenvalue weighted by atomic mass is 16.4. The van der Waals surface area contributed by atoms with Crippen molar-refractivity contribution in [1.82, 2.24) is 9.97 Å². The van der Waals surface area contributed by atoms with Gasteiger partial charge in [0.25, 0.3) is 0 Å². The second-order valence-corrected chi connectivity index (χ2v) is 4.67. The Bertz CT molecular complexity index is 804. The van der Waals surface area contributed by atoms with Crippen molar-refractivity contribution in [2.75, 3.05) is 5.32 Å². The van der Waals surface area contributed by atoms with Crippen molar-refractivity contribution >= 4 is 17.5 Å². The number of nitrogens with zero attached hydrogens (tertiary/aromatic N) is 2. The normalized spacial score (nSPS) is 10.2. The van der Waals surface area contributed by atoms with Crippen molar-refractivity contribution in [2.24, 2.45) is 0 Å². The van der Waals surface area contributed by atoms with Gasteiger partial charge < -0.3 is 10.4 Å². The van der Waals surface area contributed by atoms with Crippen molar-refractivity contribution < 1.29 is 9.90 Å². The van der Waals surface area contributed by atoms with E-state index in [1.807, 2.05) is 36.4 Å². The van der Waals surface area contributed by atoms with Crippen molar-refractivity contribution in [1.29, 1.82) is 0 Å². The van der Waals surface area contributed by atoms with E-state index in [0.717, 1.165) is 11.3 Å². The molecule has 0 aliphatic heterocycles. The summed E-state index contributed by atoms with van der Waals surface area (Å²) in [4.78, 5) is 19.4. The first-order valence-electron chi connectivity index (χ1n) is 6.70. The molecule has 5 nitrogen and oxygen atoms in total. The number of carboxylic acids is 1. The molecule has 0 saturated carbocycles. The second kappa shape index (κ2) is 6.05. The van der Waals surface area contributed by atoms with E-state index in [1.165, 1.54) is 6.33 Å². The van der Waals surface area contributed by atoms with Crippen LogP contribution in [0.4, 0.5) is 11.5 Å². The third-order valence-corrected chi connectivity index (χ3v) is 3.12. The predicted molar refractivity (Wildman–Crippen MR) is 84.2 cm³/mol. The largest absolute Gasteiger partial charge is 0.478 e. The summed E-state index contributed by atoms with van der Waals surface area (Å²) < 4.78 is 0. The number of anilines is 2. The highest BCUT2D eigenvalue weighted by Gasteiger charge is 2.05. The number of rotatable bonds is 4. The van der Waals surface area contributed by atoms with Gasteiger partial charge in [-0.3, -0.25) is 0 Å². The lowest BCUT2D eigenvalue weighted by Gasteiger charge is -2.07. The Morgan fingerprint density at radius 2 is 1.77 bits per heavy atom. The van der Waals surface area contributed by atoms with E-state index in [4.69, 9.17) is 5.11 Å². The molecule has 2 N–H and O–H groups in total. The van der Waals surface area contributed by atoms with Crippen molar-refractivity contribution in [3.63, 3.8) is 0 Å². The van der Waals surface area contributed by atoms with E-state index in [-0.39, 0.29) is 5.56 Å². The zero-order valence-electron chi connectivity index (χ0n) is 11.6. The molecule has 3 rings (SSSR count). The Labute approximate surface area is 127 Å². The van der Waals surface area contributed by atoms with Crippen LogP contribution in [0.5, 0.6) is 0 Å². The molecule has 0 unspecified atom stereocenters. The number of nitrogens with one attached hydrogen (secondary N) is 1. The molecule has 5 heteroatoms. The minimum atomic E-state index is -0.962. The fourth-order valence-corrected chi connectivity index (χ4v) is 2.07. The van der Waals surface area contributed by atoms with Gasteiger partial charge >= 0.3 is 5.97 Å². The fraction of sp³-hybridized carbons (Fsp3) is 0. The molecule has 108 valence electrons. The van der Waals surface area contributed by atoms with E-state index >= 15 is 0 Å². The number of hydrogen-bond donors (Lipinski definition) is 2. The summed E-state index contributed by atoms with van der Waals surface area (Å²) in [5, 5.41) is 12.1. The minimum absolute atomic E-state index is 0.224. The standard InChI is InChI=1S/C17H13N3O2/c21-17(22)13-7-4-8-14(9-13)20-16-10-15(18-11-19-16)12-5-2-1-3-6-12/h1-11H,(H,21,22)(H,18,19,20). The van der Waals surface area contributed by atoms with Gasteiger partial charge in [-0.25, -0.2) is 14.8 Å². The molecular weight excluding hydrogens is 278 g/mol. The van der Waals surface area contributed by atoms with Crippen LogP contribution in [0.15, 0.2) is 67.0 Å². The molecule has 0 bridgehead atoms. The van der Waals surface area contributed by atoms with Crippen LogP contribution in [0.1, 0.15) is 10.4 Å². The summed E-state index contributed by atoms with van der Waals surface area (Å²) in [6.07, 6.45) is 1.48. The molecule has 1 aromatic heterocycles. The van der Waals surface area contributed by atoms with Gasteiger partial charge in [-0.2, -0.15) is 0 Å². The molecule has 0 radical (unpaired) electrons. The maximum Gasteiger partial charge on any atom is 0.335 e. The first-order valence-corrected chi connectivity index (χ1v) is 6.70. The van der Waals surface area contributed by atoms with Gasteiger partial charge in [0, 0.05) is 17.3 Å². The molecule has 1 heterocycles. The molecule has 0 spiro atoms. The Morgan fingerprint density at radius 3 is 2.55 bits per heavy atom. The number of carbonyl (C=O) groups is 1. The molecule has 2 aromatic carbocycles. The third kappa shape index (κ3) is 3.09. The van der Waals surface area contributed by atoms with Gasteiger partial charge in [0.2, 0.25) is 0 Å². The maximum absolute atomic E-state index is 11.0. The lowest BCUT2D eigenvalue weighted by atomic mass is 10.1.